The molecule has 0 saturated heterocycles. The molecular formula is C19H26N2O7. The van der Waals surface area contributed by atoms with Crippen LogP contribution in [0, 0.1) is 17.0 Å². The standard InChI is InChI=1S/C19H26N2O7/c1-12-14-7-9-20(18(23)28-19(2,3)4)8-6-13(14)10-15(21(24)25)17(12)27-11-16(22)26-5/h10H,6-9,11H2,1-5H3. The number of methoxy groups -OCH3 is 1. The third-order valence-electron chi connectivity index (χ3n) is 4.42. The van der Waals surface area contributed by atoms with Gasteiger partial charge in [-0.05, 0) is 51.7 Å². The minimum absolute atomic E-state index is 0.0554. The number of nitro benzene ring substituents is 1. The average molecular weight is 394 g/mol. The van der Waals surface area contributed by atoms with E-state index >= 15 is 0 Å². The second-order valence-electron chi connectivity index (χ2n) is 7.58. The van der Waals surface area contributed by atoms with Crippen LogP contribution >= 0.6 is 0 Å². The van der Waals surface area contributed by atoms with Gasteiger partial charge in [0.15, 0.2) is 6.61 Å². The molecule has 1 aromatic carbocycles. The summed E-state index contributed by atoms with van der Waals surface area (Å²) in [5.74, 6) is -0.570. The van der Waals surface area contributed by atoms with Gasteiger partial charge in [-0.2, -0.15) is 0 Å². The number of fused-ring (bicyclic) bond motifs is 1. The molecule has 0 N–H and O–H groups in total. The lowest BCUT2D eigenvalue weighted by Gasteiger charge is -2.26. The van der Waals surface area contributed by atoms with E-state index in [2.05, 4.69) is 4.74 Å². The number of hydrogen-bond donors (Lipinski definition) is 0. The number of rotatable bonds is 4. The van der Waals surface area contributed by atoms with Crippen LogP contribution in [0.1, 0.15) is 37.5 Å². The SMILES string of the molecule is COC(=O)COc1c([N+](=O)[O-])cc2c(c1C)CCN(C(=O)OC(C)(C)C)CC2. The van der Waals surface area contributed by atoms with Gasteiger partial charge < -0.3 is 19.1 Å². The number of carbonyl (C=O) groups is 2. The molecule has 2 rings (SSSR count). The van der Waals surface area contributed by atoms with Crippen molar-refractivity contribution in [2.24, 2.45) is 0 Å². The van der Waals surface area contributed by atoms with Crippen molar-refractivity contribution in [1.82, 2.24) is 4.90 Å². The van der Waals surface area contributed by atoms with Crippen molar-refractivity contribution < 1.29 is 28.7 Å². The van der Waals surface area contributed by atoms with Crippen molar-refractivity contribution in [3.63, 3.8) is 0 Å². The Hall–Kier alpha value is -2.84. The molecule has 0 saturated carbocycles. The van der Waals surface area contributed by atoms with E-state index in [1.54, 1.807) is 32.6 Å². The Kier molecular flexibility index (Phi) is 6.48. The normalized spacial score (nSPS) is 14.0. The monoisotopic (exact) mass is 394 g/mol. The fourth-order valence-electron chi connectivity index (χ4n) is 3.09. The Bertz CT molecular complexity index is 783. The van der Waals surface area contributed by atoms with Crippen LogP contribution in [0.5, 0.6) is 5.75 Å². The first-order valence-electron chi connectivity index (χ1n) is 9.00. The molecule has 0 bridgehead atoms. The zero-order valence-corrected chi connectivity index (χ0v) is 16.9. The van der Waals surface area contributed by atoms with Crippen molar-refractivity contribution in [2.75, 3.05) is 26.8 Å². The van der Waals surface area contributed by atoms with Gasteiger partial charge in [0.1, 0.15) is 5.60 Å². The van der Waals surface area contributed by atoms with Crippen molar-refractivity contribution >= 4 is 17.7 Å². The van der Waals surface area contributed by atoms with Gasteiger partial charge in [-0.15, -0.1) is 0 Å². The van der Waals surface area contributed by atoms with Crippen molar-refractivity contribution in [2.45, 2.75) is 46.1 Å². The lowest BCUT2D eigenvalue weighted by Crippen LogP contribution is -2.38. The summed E-state index contributed by atoms with van der Waals surface area (Å²) in [7, 11) is 1.22. The molecule has 1 amide bonds. The number of carbonyl (C=O) groups excluding carboxylic acids is 2. The fourth-order valence-corrected chi connectivity index (χ4v) is 3.09. The highest BCUT2D eigenvalue weighted by Gasteiger charge is 2.29. The lowest BCUT2D eigenvalue weighted by atomic mass is 9.96. The number of hydrogen-bond acceptors (Lipinski definition) is 7. The molecule has 0 spiro atoms. The van der Waals surface area contributed by atoms with E-state index < -0.39 is 29.2 Å². The van der Waals surface area contributed by atoms with Crippen LogP contribution in [-0.2, 0) is 27.1 Å². The van der Waals surface area contributed by atoms with Crippen LogP contribution in [0.3, 0.4) is 0 Å². The number of esters is 1. The van der Waals surface area contributed by atoms with Crippen molar-refractivity contribution in [1.29, 1.82) is 0 Å². The Morgan fingerprint density at radius 1 is 1.25 bits per heavy atom. The van der Waals surface area contributed by atoms with Gasteiger partial charge in [0, 0.05) is 24.7 Å². The fraction of sp³-hybridized carbons (Fsp3) is 0.579. The molecule has 1 heterocycles. The summed E-state index contributed by atoms with van der Waals surface area (Å²) >= 11 is 0. The maximum Gasteiger partial charge on any atom is 0.410 e. The minimum atomic E-state index is -0.625. The van der Waals surface area contributed by atoms with Crippen LogP contribution in [0.2, 0.25) is 0 Å². The first-order valence-corrected chi connectivity index (χ1v) is 9.00. The van der Waals surface area contributed by atoms with Gasteiger partial charge in [-0.1, -0.05) is 0 Å². The molecule has 28 heavy (non-hydrogen) atoms. The summed E-state index contributed by atoms with van der Waals surface area (Å²) in [6.07, 6.45) is 0.565. The number of benzene rings is 1. The van der Waals surface area contributed by atoms with Crippen LogP contribution in [0.25, 0.3) is 0 Å². The lowest BCUT2D eigenvalue weighted by molar-refractivity contribution is -0.385. The topological polar surface area (TPSA) is 108 Å². The highest BCUT2D eigenvalue weighted by molar-refractivity contribution is 5.71. The molecule has 9 nitrogen and oxygen atoms in total. The number of ether oxygens (including phenoxy) is 3. The molecule has 1 aliphatic heterocycles. The van der Waals surface area contributed by atoms with Crippen LogP contribution in [-0.4, -0.2) is 54.3 Å². The zero-order chi connectivity index (χ0) is 21.1. The molecule has 0 aromatic heterocycles. The van der Waals surface area contributed by atoms with Gasteiger partial charge >= 0.3 is 17.7 Å². The van der Waals surface area contributed by atoms with Gasteiger partial charge in [-0.3, -0.25) is 10.1 Å². The quantitative estimate of drug-likeness (QED) is 0.439. The molecule has 1 aromatic rings. The second kappa shape index (κ2) is 8.45. The molecule has 9 heteroatoms. The third kappa shape index (κ3) is 5.11. The van der Waals surface area contributed by atoms with Gasteiger partial charge in [0.05, 0.1) is 12.0 Å². The predicted octanol–water partition coefficient (Wildman–Crippen LogP) is 2.79. The molecule has 0 atom stereocenters. The highest BCUT2D eigenvalue weighted by Crippen LogP contribution is 2.37. The number of nitrogens with zero attached hydrogens (tertiary/aromatic N) is 2. The van der Waals surface area contributed by atoms with E-state index in [4.69, 9.17) is 9.47 Å². The summed E-state index contributed by atoms with van der Waals surface area (Å²) in [5, 5.41) is 11.5. The van der Waals surface area contributed by atoms with E-state index in [9.17, 15) is 19.7 Å². The Labute approximate surface area is 163 Å². The largest absolute Gasteiger partial charge is 0.475 e. The highest BCUT2D eigenvalue weighted by atomic mass is 16.6. The summed E-state index contributed by atoms with van der Waals surface area (Å²) in [6.45, 7) is 7.54. The van der Waals surface area contributed by atoms with Crippen LogP contribution in [0.15, 0.2) is 6.07 Å². The first-order chi connectivity index (χ1) is 13.0. The summed E-state index contributed by atoms with van der Waals surface area (Å²) < 4.78 is 15.4. The van der Waals surface area contributed by atoms with Crippen LogP contribution in [0.4, 0.5) is 10.5 Å². The number of nitro groups is 1. The maximum atomic E-state index is 12.4. The Morgan fingerprint density at radius 3 is 2.46 bits per heavy atom. The van der Waals surface area contributed by atoms with E-state index in [1.807, 2.05) is 0 Å². The minimum Gasteiger partial charge on any atom is -0.475 e. The Morgan fingerprint density at radius 2 is 1.89 bits per heavy atom. The van der Waals surface area contributed by atoms with Gasteiger partial charge in [0.2, 0.25) is 5.75 Å². The first kappa shape index (κ1) is 21.5. The summed E-state index contributed by atoms with van der Waals surface area (Å²) in [4.78, 5) is 36.3. The van der Waals surface area contributed by atoms with E-state index in [0.29, 0.717) is 31.5 Å². The maximum absolute atomic E-state index is 12.4. The van der Waals surface area contributed by atoms with Gasteiger partial charge in [0.25, 0.3) is 0 Å². The summed E-state index contributed by atoms with van der Waals surface area (Å²) in [5.41, 5.74) is 1.47. The zero-order valence-electron chi connectivity index (χ0n) is 16.9. The third-order valence-corrected chi connectivity index (χ3v) is 4.42. The van der Waals surface area contributed by atoms with Crippen molar-refractivity contribution in [3.8, 4) is 5.75 Å². The molecular weight excluding hydrogens is 368 g/mol. The molecule has 1 aliphatic rings. The predicted molar refractivity (Wildman–Crippen MR) is 101 cm³/mol. The molecule has 0 radical (unpaired) electrons. The van der Waals surface area contributed by atoms with E-state index in [-0.39, 0.29) is 11.4 Å². The van der Waals surface area contributed by atoms with Gasteiger partial charge in [-0.25, -0.2) is 9.59 Å². The van der Waals surface area contributed by atoms with Crippen LogP contribution < -0.4 is 4.74 Å². The molecule has 154 valence electrons. The molecule has 0 fully saturated rings. The van der Waals surface area contributed by atoms with E-state index in [0.717, 1.165) is 11.1 Å². The van der Waals surface area contributed by atoms with Crippen molar-refractivity contribution in [3.05, 3.63) is 32.9 Å². The van der Waals surface area contributed by atoms with E-state index in [1.165, 1.54) is 13.2 Å². The smallest absolute Gasteiger partial charge is 0.410 e. The average Bonchev–Trinajstić information content (AvgIpc) is 2.81. The molecule has 0 unspecified atom stereocenters. The summed E-state index contributed by atoms with van der Waals surface area (Å²) in [6, 6.07) is 1.47. The second-order valence-corrected chi connectivity index (χ2v) is 7.58. The Balaban J connectivity index is 2.30. The number of amides is 1. The molecule has 0 aliphatic carbocycles.